The van der Waals surface area contributed by atoms with Crippen LogP contribution in [0.1, 0.15) is 28.4 Å². The van der Waals surface area contributed by atoms with Crippen molar-refractivity contribution in [3.05, 3.63) is 51.7 Å². The predicted octanol–water partition coefficient (Wildman–Crippen LogP) is 2.78. The van der Waals surface area contributed by atoms with Gasteiger partial charge in [0.2, 0.25) is 0 Å². The van der Waals surface area contributed by atoms with Crippen LogP contribution >= 0.6 is 11.3 Å². The second-order valence-corrected chi connectivity index (χ2v) is 6.89. The van der Waals surface area contributed by atoms with Crippen molar-refractivity contribution in [1.82, 2.24) is 10.6 Å². The third kappa shape index (κ3) is 5.86. The zero-order valence-corrected chi connectivity index (χ0v) is 15.9. The Morgan fingerprint density at radius 2 is 2.04 bits per heavy atom. The van der Waals surface area contributed by atoms with E-state index in [4.69, 9.17) is 0 Å². The van der Waals surface area contributed by atoms with Gasteiger partial charge < -0.3 is 21.1 Å². The molecule has 0 saturated carbocycles. The summed E-state index contributed by atoms with van der Waals surface area (Å²) < 4.78 is 0. The molecule has 0 spiro atoms. The largest absolute Gasteiger partial charge is 0.396 e. The van der Waals surface area contributed by atoms with Gasteiger partial charge in [-0.25, -0.2) is 4.79 Å². The highest BCUT2D eigenvalue weighted by atomic mass is 32.1. The topological polar surface area (TPSA) is 90.5 Å². The van der Waals surface area contributed by atoms with Gasteiger partial charge in [-0.05, 0) is 60.4 Å². The van der Waals surface area contributed by atoms with E-state index in [1.165, 1.54) is 0 Å². The molecule has 7 heteroatoms. The SMILES string of the molecule is CCNC(=O)c1ccc(C)c(NC(=O)NC[C@H](CO)Cc2ccsc2)c1. The third-order valence-corrected chi connectivity index (χ3v) is 4.73. The van der Waals surface area contributed by atoms with Crippen molar-refractivity contribution in [1.29, 1.82) is 0 Å². The number of benzene rings is 1. The maximum absolute atomic E-state index is 12.2. The Kier molecular flexibility index (Phi) is 7.62. The summed E-state index contributed by atoms with van der Waals surface area (Å²) in [7, 11) is 0. The first kappa shape index (κ1) is 19.9. The van der Waals surface area contributed by atoms with Crippen molar-refractivity contribution < 1.29 is 14.7 Å². The maximum Gasteiger partial charge on any atom is 0.319 e. The van der Waals surface area contributed by atoms with Crippen LogP contribution in [0.15, 0.2) is 35.0 Å². The molecule has 1 aromatic heterocycles. The van der Waals surface area contributed by atoms with Crippen LogP contribution < -0.4 is 16.0 Å². The molecule has 0 aliphatic carbocycles. The molecule has 26 heavy (non-hydrogen) atoms. The zero-order chi connectivity index (χ0) is 18.9. The molecule has 0 radical (unpaired) electrons. The summed E-state index contributed by atoms with van der Waals surface area (Å²) in [5, 5.41) is 21.8. The Hall–Kier alpha value is -2.38. The molecule has 140 valence electrons. The van der Waals surface area contributed by atoms with Crippen molar-refractivity contribution in [2.75, 3.05) is 25.0 Å². The van der Waals surface area contributed by atoms with Gasteiger partial charge in [0, 0.05) is 36.9 Å². The Balaban J connectivity index is 1.92. The van der Waals surface area contributed by atoms with E-state index >= 15 is 0 Å². The van der Waals surface area contributed by atoms with E-state index in [2.05, 4.69) is 16.0 Å². The van der Waals surface area contributed by atoms with Gasteiger partial charge in [-0.1, -0.05) is 6.07 Å². The molecule has 0 saturated heterocycles. The van der Waals surface area contributed by atoms with E-state index in [0.29, 0.717) is 30.8 Å². The number of urea groups is 1. The van der Waals surface area contributed by atoms with Crippen LogP contribution in [0.2, 0.25) is 0 Å². The highest BCUT2D eigenvalue weighted by molar-refractivity contribution is 7.07. The molecule has 2 aromatic rings. The minimum absolute atomic E-state index is 0.00181. The van der Waals surface area contributed by atoms with E-state index in [1.807, 2.05) is 30.7 Å². The number of carbonyl (C=O) groups excluding carboxylic acids is 2. The Bertz CT molecular complexity index is 732. The summed E-state index contributed by atoms with van der Waals surface area (Å²) in [5.41, 5.74) is 3.11. The van der Waals surface area contributed by atoms with Crippen LogP contribution in [-0.4, -0.2) is 36.7 Å². The Morgan fingerprint density at radius 1 is 1.23 bits per heavy atom. The zero-order valence-electron chi connectivity index (χ0n) is 15.0. The number of aliphatic hydroxyl groups excluding tert-OH is 1. The molecular formula is C19H25N3O3S. The Labute approximate surface area is 157 Å². The van der Waals surface area contributed by atoms with Crippen LogP contribution in [0.4, 0.5) is 10.5 Å². The van der Waals surface area contributed by atoms with Crippen molar-refractivity contribution in [2.24, 2.45) is 5.92 Å². The lowest BCUT2D eigenvalue weighted by molar-refractivity contribution is 0.0956. The number of rotatable bonds is 8. The molecule has 3 amide bonds. The van der Waals surface area contributed by atoms with Gasteiger partial charge in [0.25, 0.3) is 5.91 Å². The highest BCUT2D eigenvalue weighted by Crippen LogP contribution is 2.17. The van der Waals surface area contributed by atoms with Crippen LogP contribution in [0.5, 0.6) is 0 Å². The summed E-state index contributed by atoms with van der Waals surface area (Å²) in [4.78, 5) is 24.1. The predicted molar refractivity (Wildman–Crippen MR) is 105 cm³/mol. The number of thiophene rings is 1. The number of aliphatic hydroxyl groups is 1. The van der Waals surface area contributed by atoms with Gasteiger partial charge in [-0.3, -0.25) is 4.79 Å². The van der Waals surface area contributed by atoms with E-state index in [-0.39, 0.29) is 24.5 Å². The second kappa shape index (κ2) is 9.94. The van der Waals surface area contributed by atoms with Gasteiger partial charge in [0.05, 0.1) is 0 Å². The van der Waals surface area contributed by atoms with Crippen LogP contribution in [-0.2, 0) is 6.42 Å². The van der Waals surface area contributed by atoms with Crippen LogP contribution in [0.25, 0.3) is 0 Å². The summed E-state index contributed by atoms with van der Waals surface area (Å²) >= 11 is 1.61. The average Bonchev–Trinajstić information content (AvgIpc) is 3.13. The lowest BCUT2D eigenvalue weighted by Gasteiger charge is -2.16. The van der Waals surface area contributed by atoms with Crippen molar-refractivity contribution >= 4 is 29.0 Å². The van der Waals surface area contributed by atoms with Gasteiger partial charge in [-0.15, -0.1) is 0 Å². The van der Waals surface area contributed by atoms with Gasteiger partial charge in [0.1, 0.15) is 0 Å². The summed E-state index contributed by atoms with van der Waals surface area (Å²) in [6, 6.07) is 6.85. The van der Waals surface area contributed by atoms with Crippen molar-refractivity contribution in [3.8, 4) is 0 Å². The molecular weight excluding hydrogens is 350 g/mol. The number of carbonyl (C=O) groups is 2. The molecule has 0 bridgehead atoms. The first-order valence-electron chi connectivity index (χ1n) is 8.59. The number of aryl methyl sites for hydroxylation is 1. The molecule has 1 atom stereocenters. The number of anilines is 1. The number of nitrogens with one attached hydrogen (secondary N) is 3. The highest BCUT2D eigenvalue weighted by Gasteiger charge is 2.13. The minimum Gasteiger partial charge on any atom is -0.396 e. The maximum atomic E-state index is 12.2. The van der Waals surface area contributed by atoms with Gasteiger partial charge in [0.15, 0.2) is 0 Å². The fraction of sp³-hybridized carbons (Fsp3) is 0.368. The van der Waals surface area contributed by atoms with E-state index in [1.54, 1.807) is 29.5 Å². The van der Waals surface area contributed by atoms with E-state index in [9.17, 15) is 14.7 Å². The molecule has 0 aliphatic heterocycles. The molecule has 0 aliphatic rings. The standard InChI is InChI=1S/C19H25N3O3S/c1-3-20-18(24)16-5-4-13(2)17(9-16)22-19(25)21-10-15(11-23)8-14-6-7-26-12-14/h4-7,9,12,15,23H,3,8,10-11H2,1-2H3,(H,20,24)(H2,21,22,25)/t15-/m1/s1. The summed E-state index contributed by atoms with van der Waals surface area (Å²) in [5.74, 6) is -0.217. The third-order valence-electron chi connectivity index (χ3n) is 4.00. The molecule has 0 unspecified atom stereocenters. The fourth-order valence-corrected chi connectivity index (χ4v) is 3.19. The quantitative estimate of drug-likeness (QED) is 0.572. The van der Waals surface area contributed by atoms with Gasteiger partial charge in [-0.2, -0.15) is 11.3 Å². The molecule has 6 nitrogen and oxygen atoms in total. The lowest BCUT2D eigenvalue weighted by Crippen LogP contribution is -2.35. The first-order chi connectivity index (χ1) is 12.5. The van der Waals surface area contributed by atoms with Crippen molar-refractivity contribution in [3.63, 3.8) is 0 Å². The van der Waals surface area contributed by atoms with Crippen LogP contribution in [0, 0.1) is 12.8 Å². The summed E-state index contributed by atoms with van der Waals surface area (Å²) in [6.45, 7) is 4.63. The summed E-state index contributed by atoms with van der Waals surface area (Å²) in [6.07, 6.45) is 0.714. The number of amides is 3. The fourth-order valence-electron chi connectivity index (χ4n) is 2.51. The normalized spacial score (nSPS) is 11.7. The lowest BCUT2D eigenvalue weighted by atomic mass is 10.0. The number of hydrogen-bond donors (Lipinski definition) is 4. The molecule has 1 heterocycles. The van der Waals surface area contributed by atoms with Gasteiger partial charge >= 0.3 is 6.03 Å². The number of hydrogen-bond acceptors (Lipinski definition) is 4. The molecule has 1 aromatic carbocycles. The van der Waals surface area contributed by atoms with E-state index < -0.39 is 0 Å². The smallest absolute Gasteiger partial charge is 0.319 e. The molecule has 2 rings (SSSR count). The average molecular weight is 375 g/mol. The minimum atomic E-state index is -0.357. The second-order valence-electron chi connectivity index (χ2n) is 6.11. The van der Waals surface area contributed by atoms with Crippen LogP contribution in [0.3, 0.4) is 0 Å². The monoisotopic (exact) mass is 375 g/mol. The van der Waals surface area contributed by atoms with Crippen molar-refractivity contribution in [2.45, 2.75) is 20.3 Å². The molecule has 0 fully saturated rings. The Morgan fingerprint density at radius 3 is 2.69 bits per heavy atom. The molecule has 4 N–H and O–H groups in total. The first-order valence-corrected chi connectivity index (χ1v) is 9.53. The van der Waals surface area contributed by atoms with E-state index in [0.717, 1.165) is 11.1 Å².